The van der Waals surface area contributed by atoms with Gasteiger partial charge in [-0.05, 0) is 30.9 Å². The molecule has 1 amide bonds. The molecule has 0 atom stereocenters. The first-order valence-electron chi connectivity index (χ1n) is 7.04. The van der Waals surface area contributed by atoms with Crippen LogP contribution in [-0.2, 0) is 0 Å². The Morgan fingerprint density at radius 3 is 2.05 bits per heavy atom. The van der Waals surface area contributed by atoms with Crippen LogP contribution in [0.2, 0.25) is 0 Å². The molecule has 0 aliphatic heterocycles. The maximum Gasteiger partial charge on any atom is 0.336 e. The molecular formula is C16H23NO3. The Morgan fingerprint density at radius 1 is 1.10 bits per heavy atom. The van der Waals surface area contributed by atoms with Gasteiger partial charge in [-0.15, -0.1) is 0 Å². The van der Waals surface area contributed by atoms with Crippen molar-refractivity contribution in [2.24, 2.45) is 5.92 Å². The van der Waals surface area contributed by atoms with Gasteiger partial charge >= 0.3 is 5.97 Å². The zero-order chi connectivity index (χ0) is 15.3. The second kappa shape index (κ2) is 7.08. The number of hydrogen-bond acceptors (Lipinski definition) is 2. The number of carbonyl (C=O) groups is 2. The second-order valence-electron chi connectivity index (χ2n) is 5.15. The number of carbonyl (C=O) groups excluding carboxylic acids is 1. The smallest absolute Gasteiger partial charge is 0.336 e. The Kier molecular flexibility index (Phi) is 5.74. The topological polar surface area (TPSA) is 66.4 Å². The highest BCUT2D eigenvalue weighted by Crippen LogP contribution is 2.19. The molecule has 0 aliphatic rings. The highest BCUT2D eigenvalue weighted by molar-refractivity contribution is 6.06. The third-order valence-electron chi connectivity index (χ3n) is 3.77. The van der Waals surface area contributed by atoms with E-state index in [9.17, 15) is 14.7 Å². The SMILES string of the molecule is CCC(CC)CNC(=O)c1c(C)ccc(C)c1C(=O)O. The summed E-state index contributed by atoms with van der Waals surface area (Å²) in [6, 6.07) is 3.52. The summed E-state index contributed by atoms with van der Waals surface area (Å²) in [5, 5.41) is 12.2. The number of aryl methyl sites for hydroxylation is 2. The minimum Gasteiger partial charge on any atom is -0.478 e. The highest BCUT2D eigenvalue weighted by atomic mass is 16.4. The van der Waals surface area contributed by atoms with Crippen LogP contribution in [0.3, 0.4) is 0 Å². The standard InChI is InChI=1S/C16H23NO3/c1-5-12(6-2)9-17-15(18)13-10(3)7-8-11(4)14(13)16(19)20/h7-8,12H,5-6,9H2,1-4H3,(H,17,18)(H,19,20). The average molecular weight is 277 g/mol. The van der Waals surface area contributed by atoms with Crippen molar-refractivity contribution in [1.82, 2.24) is 5.32 Å². The van der Waals surface area contributed by atoms with Crippen LogP contribution in [0.5, 0.6) is 0 Å². The number of rotatable bonds is 6. The largest absolute Gasteiger partial charge is 0.478 e. The zero-order valence-electron chi connectivity index (χ0n) is 12.6. The average Bonchev–Trinajstić information content (AvgIpc) is 2.41. The summed E-state index contributed by atoms with van der Waals surface area (Å²) in [7, 11) is 0. The van der Waals surface area contributed by atoms with Crippen molar-refractivity contribution in [2.75, 3.05) is 6.54 Å². The van der Waals surface area contributed by atoms with Crippen molar-refractivity contribution in [3.8, 4) is 0 Å². The predicted octanol–water partition coefficient (Wildman–Crippen LogP) is 3.17. The monoisotopic (exact) mass is 277 g/mol. The Labute approximate surface area is 120 Å². The number of benzene rings is 1. The molecule has 1 rings (SSSR count). The van der Waals surface area contributed by atoms with Gasteiger partial charge in [0.1, 0.15) is 0 Å². The predicted molar refractivity (Wildman–Crippen MR) is 79.3 cm³/mol. The van der Waals surface area contributed by atoms with Gasteiger partial charge in [0.2, 0.25) is 0 Å². The van der Waals surface area contributed by atoms with Crippen LogP contribution >= 0.6 is 0 Å². The Hall–Kier alpha value is -1.84. The molecule has 0 saturated heterocycles. The second-order valence-corrected chi connectivity index (χ2v) is 5.15. The molecule has 0 heterocycles. The van der Waals surface area contributed by atoms with E-state index in [2.05, 4.69) is 19.2 Å². The molecule has 0 aliphatic carbocycles. The van der Waals surface area contributed by atoms with E-state index in [1.807, 2.05) is 0 Å². The maximum atomic E-state index is 12.3. The van der Waals surface area contributed by atoms with Crippen LogP contribution in [0.15, 0.2) is 12.1 Å². The minimum absolute atomic E-state index is 0.104. The fourth-order valence-corrected chi connectivity index (χ4v) is 2.28. The quantitative estimate of drug-likeness (QED) is 0.839. The van der Waals surface area contributed by atoms with Gasteiger partial charge in [0.05, 0.1) is 11.1 Å². The van der Waals surface area contributed by atoms with Gasteiger partial charge in [-0.25, -0.2) is 4.79 Å². The lowest BCUT2D eigenvalue weighted by molar-refractivity contribution is 0.0689. The molecule has 1 aromatic carbocycles. The summed E-state index contributed by atoms with van der Waals surface area (Å²) in [6.45, 7) is 8.22. The van der Waals surface area contributed by atoms with E-state index in [0.29, 0.717) is 23.6 Å². The molecule has 0 radical (unpaired) electrons. The number of carboxylic acids is 1. The summed E-state index contributed by atoms with van der Waals surface area (Å²) >= 11 is 0. The molecule has 1 aromatic rings. The molecule has 110 valence electrons. The van der Waals surface area contributed by atoms with Crippen LogP contribution in [0.4, 0.5) is 0 Å². The van der Waals surface area contributed by atoms with E-state index < -0.39 is 5.97 Å². The van der Waals surface area contributed by atoms with Crippen molar-refractivity contribution in [1.29, 1.82) is 0 Å². The Balaban J connectivity index is 3.03. The number of nitrogens with one attached hydrogen (secondary N) is 1. The lowest BCUT2D eigenvalue weighted by atomic mass is 9.96. The van der Waals surface area contributed by atoms with Crippen molar-refractivity contribution in [3.63, 3.8) is 0 Å². The third kappa shape index (κ3) is 3.59. The first kappa shape index (κ1) is 16.2. The highest BCUT2D eigenvalue weighted by Gasteiger charge is 2.21. The van der Waals surface area contributed by atoms with Crippen LogP contribution in [0, 0.1) is 19.8 Å². The summed E-state index contributed by atoms with van der Waals surface area (Å²) in [5.74, 6) is -0.924. The first-order chi connectivity index (χ1) is 9.42. The normalized spacial score (nSPS) is 10.7. The summed E-state index contributed by atoms with van der Waals surface area (Å²) in [5.41, 5.74) is 1.68. The van der Waals surface area contributed by atoms with E-state index >= 15 is 0 Å². The zero-order valence-corrected chi connectivity index (χ0v) is 12.6. The lowest BCUT2D eigenvalue weighted by Gasteiger charge is -2.16. The van der Waals surface area contributed by atoms with Gasteiger partial charge in [0.15, 0.2) is 0 Å². The molecule has 4 heteroatoms. The third-order valence-corrected chi connectivity index (χ3v) is 3.77. The van der Waals surface area contributed by atoms with Gasteiger partial charge in [-0.3, -0.25) is 4.79 Å². The van der Waals surface area contributed by atoms with E-state index in [1.54, 1.807) is 26.0 Å². The minimum atomic E-state index is -1.06. The Morgan fingerprint density at radius 2 is 1.60 bits per heavy atom. The Bertz CT molecular complexity index is 505. The van der Waals surface area contributed by atoms with Crippen molar-refractivity contribution < 1.29 is 14.7 Å². The summed E-state index contributed by atoms with van der Waals surface area (Å²) < 4.78 is 0. The number of hydrogen-bond donors (Lipinski definition) is 2. The molecule has 0 saturated carbocycles. The first-order valence-corrected chi connectivity index (χ1v) is 7.04. The van der Waals surface area contributed by atoms with Gasteiger partial charge in [0, 0.05) is 6.54 Å². The van der Waals surface area contributed by atoms with E-state index in [1.165, 1.54) is 0 Å². The van der Waals surface area contributed by atoms with Gasteiger partial charge in [-0.2, -0.15) is 0 Å². The number of amides is 1. The molecule has 0 unspecified atom stereocenters. The van der Waals surface area contributed by atoms with Crippen LogP contribution in [0.1, 0.15) is 58.5 Å². The van der Waals surface area contributed by atoms with Crippen molar-refractivity contribution in [3.05, 3.63) is 34.4 Å². The maximum absolute atomic E-state index is 12.3. The lowest BCUT2D eigenvalue weighted by Crippen LogP contribution is -2.31. The molecular weight excluding hydrogens is 254 g/mol. The van der Waals surface area contributed by atoms with Crippen LogP contribution < -0.4 is 5.32 Å². The molecule has 4 nitrogen and oxygen atoms in total. The number of aromatic carboxylic acids is 1. The molecule has 0 spiro atoms. The summed E-state index contributed by atoms with van der Waals surface area (Å²) in [6.07, 6.45) is 1.99. The molecule has 0 bridgehead atoms. The van der Waals surface area contributed by atoms with Crippen LogP contribution in [0.25, 0.3) is 0 Å². The fraction of sp³-hybridized carbons (Fsp3) is 0.500. The van der Waals surface area contributed by atoms with Gasteiger partial charge in [-0.1, -0.05) is 38.8 Å². The summed E-state index contributed by atoms with van der Waals surface area (Å²) in [4.78, 5) is 23.7. The molecule has 0 aromatic heterocycles. The molecule has 0 fully saturated rings. The van der Waals surface area contributed by atoms with Gasteiger partial charge in [0.25, 0.3) is 5.91 Å². The van der Waals surface area contributed by atoms with Gasteiger partial charge < -0.3 is 10.4 Å². The molecule has 2 N–H and O–H groups in total. The number of carboxylic acid groups (broad SMARTS) is 1. The fourth-order valence-electron chi connectivity index (χ4n) is 2.28. The van der Waals surface area contributed by atoms with E-state index in [-0.39, 0.29) is 17.0 Å². The van der Waals surface area contributed by atoms with Crippen LogP contribution in [-0.4, -0.2) is 23.5 Å². The molecule has 20 heavy (non-hydrogen) atoms. The van der Waals surface area contributed by atoms with E-state index in [4.69, 9.17) is 0 Å². The van der Waals surface area contributed by atoms with Crippen molar-refractivity contribution in [2.45, 2.75) is 40.5 Å². The van der Waals surface area contributed by atoms with E-state index in [0.717, 1.165) is 12.8 Å². The van der Waals surface area contributed by atoms with Crippen molar-refractivity contribution >= 4 is 11.9 Å².